The van der Waals surface area contributed by atoms with Gasteiger partial charge in [0.15, 0.2) is 0 Å². The fraction of sp³-hybridized carbons (Fsp3) is 0. The lowest BCUT2D eigenvalue weighted by Gasteiger charge is -1.97. The number of phenols is 2. The highest BCUT2D eigenvalue weighted by molar-refractivity contribution is 5.90. The van der Waals surface area contributed by atoms with Gasteiger partial charge in [-0.1, -0.05) is 18.2 Å². The highest BCUT2D eigenvalue weighted by Crippen LogP contribution is 2.21. The van der Waals surface area contributed by atoms with Crippen LogP contribution >= 0.6 is 0 Å². The lowest BCUT2D eigenvalue weighted by atomic mass is 10.2. The van der Waals surface area contributed by atoms with Crippen LogP contribution in [-0.2, 0) is 0 Å². The van der Waals surface area contributed by atoms with E-state index in [0.29, 0.717) is 5.56 Å². The van der Waals surface area contributed by atoms with Crippen LogP contribution in [-0.4, -0.2) is 32.4 Å². The lowest BCUT2D eigenvalue weighted by molar-refractivity contribution is 0.0684. The molecule has 104 valence electrons. The van der Waals surface area contributed by atoms with Gasteiger partial charge in [-0.15, -0.1) is 0 Å². The first kappa shape index (κ1) is 15.0. The first-order valence-electron chi connectivity index (χ1n) is 5.45. The Morgan fingerprint density at radius 2 is 1.40 bits per heavy atom. The summed E-state index contributed by atoms with van der Waals surface area (Å²) in [6, 6.07) is 11.6. The van der Waals surface area contributed by atoms with E-state index in [2.05, 4.69) is 0 Å². The first-order valence-corrected chi connectivity index (χ1v) is 5.45. The lowest BCUT2D eigenvalue weighted by Crippen LogP contribution is -1.95. The molecule has 0 amide bonds. The Labute approximate surface area is 114 Å². The summed E-state index contributed by atoms with van der Waals surface area (Å²) in [7, 11) is 0. The number of hydrogen-bond donors (Lipinski definition) is 4. The van der Waals surface area contributed by atoms with Crippen molar-refractivity contribution in [1.29, 1.82) is 0 Å². The van der Waals surface area contributed by atoms with Crippen LogP contribution in [0.4, 0.5) is 0 Å². The summed E-state index contributed by atoms with van der Waals surface area (Å²) in [5, 5.41) is 34.5. The average Bonchev–Trinajstić information content (AvgIpc) is 2.40. The van der Waals surface area contributed by atoms with Gasteiger partial charge in [-0.3, -0.25) is 0 Å². The van der Waals surface area contributed by atoms with Crippen molar-refractivity contribution < 1.29 is 30.0 Å². The number of hydrogen-bond acceptors (Lipinski definition) is 4. The van der Waals surface area contributed by atoms with E-state index in [9.17, 15) is 9.59 Å². The van der Waals surface area contributed by atoms with Crippen LogP contribution in [0.25, 0.3) is 0 Å². The average molecular weight is 276 g/mol. The summed E-state index contributed by atoms with van der Waals surface area (Å²) in [5.41, 5.74) is 0.111. The smallest absolute Gasteiger partial charge is 0.339 e. The molecule has 0 saturated carbocycles. The van der Waals surface area contributed by atoms with Gasteiger partial charge in [-0.2, -0.15) is 0 Å². The minimum atomic E-state index is -1.22. The van der Waals surface area contributed by atoms with E-state index < -0.39 is 17.7 Å². The second-order valence-electron chi connectivity index (χ2n) is 3.68. The van der Waals surface area contributed by atoms with Gasteiger partial charge in [-0.05, 0) is 24.3 Å². The summed E-state index contributed by atoms with van der Waals surface area (Å²) in [6.07, 6.45) is 0. The number of aromatic carboxylic acids is 2. The van der Waals surface area contributed by atoms with E-state index in [1.54, 1.807) is 30.3 Å². The van der Waals surface area contributed by atoms with Gasteiger partial charge in [-0.25, -0.2) is 9.59 Å². The van der Waals surface area contributed by atoms with E-state index in [0.717, 1.165) is 12.1 Å². The van der Waals surface area contributed by atoms with E-state index in [4.69, 9.17) is 20.4 Å². The topological polar surface area (TPSA) is 115 Å². The predicted molar refractivity (Wildman–Crippen MR) is 70.1 cm³/mol. The molecular weight excluding hydrogens is 264 g/mol. The third-order valence-electron chi connectivity index (χ3n) is 2.23. The van der Waals surface area contributed by atoms with Crippen molar-refractivity contribution in [3.05, 3.63) is 59.7 Å². The Kier molecular flexibility index (Phi) is 5.11. The van der Waals surface area contributed by atoms with Crippen molar-refractivity contribution in [3.63, 3.8) is 0 Å². The quantitative estimate of drug-likeness (QED) is 0.668. The molecule has 0 spiro atoms. The standard InChI is InChI=1S/C7H6O4.C7H6O2/c8-4-1-2-5(7(10)11)6(9)3-4;8-7(9)6-4-2-1-3-5-6/h1-3,8-9H,(H,10,11);1-5H,(H,8,9). The van der Waals surface area contributed by atoms with Gasteiger partial charge >= 0.3 is 11.9 Å². The fourth-order valence-corrected chi connectivity index (χ4v) is 1.28. The Bertz CT molecular complexity index is 606. The molecule has 2 aromatic rings. The van der Waals surface area contributed by atoms with E-state index in [-0.39, 0.29) is 11.3 Å². The van der Waals surface area contributed by atoms with Crippen LogP contribution in [0, 0.1) is 0 Å². The zero-order valence-electron chi connectivity index (χ0n) is 10.2. The molecule has 2 aromatic carbocycles. The van der Waals surface area contributed by atoms with Gasteiger partial charge in [0.1, 0.15) is 17.1 Å². The van der Waals surface area contributed by atoms with E-state index in [1.807, 2.05) is 0 Å². The zero-order chi connectivity index (χ0) is 15.1. The normalized spacial score (nSPS) is 9.20. The minimum absolute atomic E-state index is 0.160. The number of carbonyl (C=O) groups is 2. The maximum absolute atomic E-state index is 10.3. The number of benzene rings is 2. The fourth-order valence-electron chi connectivity index (χ4n) is 1.28. The third kappa shape index (κ3) is 4.34. The maximum atomic E-state index is 10.3. The Hall–Kier alpha value is -3.02. The van der Waals surface area contributed by atoms with Gasteiger partial charge in [0, 0.05) is 6.07 Å². The van der Waals surface area contributed by atoms with Crippen molar-refractivity contribution in [1.82, 2.24) is 0 Å². The summed E-state index contributed by atoms with van der Waals surface area (Å²) < 4.78 is 0. The van der Waals surface area contributed by atoms with Crippen molar-refractivity contribution in [2.45, 2.75) is 0 Å². The summed E-state index contributed by atoms with van der Waals surface area (Å²) in [5.74, 6) is -2.69. The molecule has 20 heavy (non-hydrogen) atoms. The molecule has 0 saturated heterocycles. The summed E-state index contributed by atoms with van der Waals surface area (Å²) in [6.45, 7) is 0. The van der Waals surface area contributed by atoms with Crippen molar-refractivity contribution >= 4 is 11.9 Å². The molecule has 4 N–H and O–H groups in total. The molecule has 0 fully saturated rings. The molecule has 6 heteroatoms. The highest BCUT2D eigenvalue weighted by atomic mass is 16.4. The Morgan fingerprint density at radius 3 is 1.80 bits per heavy atom. The monoisotopic (exact) mass is 276 g/mol. The first-order chi connectivity index (χ1) is 9.41. The SMILES string of the molecule is O=C(O)c1ccc(O)cc1O.O=C(O)c1ccccc1. The second-order valence-corrected chi connectivity index (χ2v) is 3.68. The predicted octanol–water partition coefficient (Wildman–Crippen LogP) is 2.18. The largest absolute Gasteiger partial charge is 0.508 e. The van der Waals surface area contributed by atoms with Crippen molar-refractivity contribution in [2.75, 3.05) is 0 Å². The summed E-state index contributed by atoms with van der Waals surface area (Å²) >= 11 is 0. The molecule has 0 aliphatic rings. The van der Waals surface area contributed by atoms with Crippen LogP contribution in [0.15, 0.2) is 48.5 Å². The molecule has 6 nitrogen and oxygen atoms in total. The molecule has 0 heterocycles. The third-order valence-corrected chi connectivity index (χ3v) is 2.23. The molecule has 0 aromatic heterocycles. The van der Waals surface area contributed by atoms with Crippen LogP contribution in [0.5, 0.6) is 11.5 Å². The number of aromatic hydroxyl groups is 2. The Balaban J connectivity index is 0.000000204. The number of rotatable bonds is 2. The van der Waals surface area contributed by atoms with Crippen molar-refractivity contribution in [2.24, 2.45) is 0 Å². The Morgan fingerprint density at radius 1 is 0.800 bits per heavy atom. The molecule has 0 aliphatic heterocycles. The van der Waals surface area contributed by atoms with Crippen molar-refractivity contribution in [3.8, 4) is 11.5 Å². The van der Waals surface area contributed by atoms with Crippen LogP contribution in [0.2, 0.25) is 0 Å². The zero-order valence-corrected chi connectivity index (χ0v) is 10.2. The maximum Gasteiger partial charge on any atom is 0.339 e. The molecular formula is C14H12O6. The molecule has 2 rings (SSSR count). The molecule has 0 unspecified atom stereocenters. The minimum Gasteiger partial charge on any atom is -0.508 e. The molecule has 0 bridgehead atoms. The van der Waals surface area contributed by atoms with Crippen LogP contribution in [0.1, 0.15) is 20.7 Å². The second kappa shape index (κ2) is 6.79. The van der Waals surface area contributed by atoms with Crippen LogP contribution in [0.3, 0.4) is 0 Å². The van der Waals surface area contributed by atoms with E-state index in [1.165, 1.54) is 6.07 Å². The number of phenolic OH excluding ortho intramolecular Hbond substituents is 1. The van der Waals surface area contributed by atoms with Gasteiger partial charge in [0.2, 0.25) is 0 Å². The van der Waals surface area contributed by atoms with Crippen LogP contribution < -0.4 is 0 Å². The van der Waals surface area contributed by atoms with Gasteiger partial charge in [0.25, 0.3) is 0 Å². The molecule has 0 aliphatic carbocycles. The van der Waals surface area contributed by atoms with Gasteiger partial charge < -0.3 is 20.4 Å². The van der Waals surface area contributed by atoms with Gasteiger partial charge in [0.05, 0.1) is 5.56 Å². The number of carboxylic acid groups (broad SMARTS) is 2. The highest BCUT2D eigenvalue weighted by Gasteiger charge is 2.08. The summed E-state index contributed by atoms with van der Waals surface area (Å²) in [4.78, 5) is 20.5. The van der Waals surface area contributed by atoms with E-state index >= 15 is 0 Å². The number of carboxylic acids is 2. The molecule has 0 radical (unpaired) electrons. The molecule has 0 atom stereocenters.